The molecule has 1 aromatic heterocycles. The van der Waals surface area contributed by atoms with Crippen LogP contribution in [0.4, 0.5) is 15.8 Å². The molecular weight excluding hydrogens is 257 g/mol. The van der Waals surface area contributed by atoms with E-state index in [0.29, 0.717) is 17.4 Å². The first-order valence-electron chi connectivity index (χ1n) is 6.50. The van der Waals surface area contributed by atoms with Crippen LogP contribution in [0.2, 0.25) is 0 Å². The Bertz CT molecular complexity index is 623. The van der Waals surface area contributed by atoms with Gasteiger partial charge < -0.3 is 10.6 Å². The van der Waals surface area contributed by atoms with Crippen molar-refractivity contribution in [3.8, 4) is 0 Å². The lowest BCUT2D eigenvalue weighted by atomic mass is 10.2. The molecule has 0 bridgehead atoms. The fraction of sp³-hybridized carbons (Fsp3) is 0.200. The van der Waals surface area contributed by atoms with Gasteiger partial charge in [0.2, 0.25) is 0 Å². The Morgan fingerprint density at radius 1 is 1.15 bits per heavy atom. The fourth-order valence-corrected chi connectivity index (χ4v) is 1.84. The zero-order valence-corrected chi connectivity index (χ0v) is 10.8. The van der Waals surface area contributed by atoms with E-state index in [4.69, 9.17) is 0 Å². The number of hydrogen-bond donors (Lipinski definition) is 2. The van der Waals surface area contributed by atoms with Crippen LogP contribution >= 0.6 is 0 Å². The van der Waals surface area contributed by atoms with E-state index >= 15 is 0 Å². The number of aromatic nitrogens is 1. The molecule has 4 nitrogen and oxygen atoms in total. The largest absolute Gasteiger partial charge is 0.382 e. The molecule has 1 aromatic carbocycles. The number of carbonyl (C=O) groups is 1. The molecular formula is C15H14FN3O. The third kappa shape index (κ3) is 3.12. The van der Waals surface area contributed by atoms with Crippen molar-refractivity contribution < 1.29 is 9.18 Å². The lowest BCUT2D eigenvalue weighted by Gasteiger charge is -2.07. The number of halogens is 1. The first-order chi connectivity index (χ1) is 9.70. The van der Waals surface area contributed by atoms with Gasteiger partial charge in [-0.05, 0) is 49.2 Å². The summed E-state index contributed by atoms with van der Waals surface area (Å²) in [5.74, 6) is -0.646. The number of amides is 1. The average Bonchev–Trinajstić information content (AvgIpc) is 3.25. The maximum absolute atomic E-state index is 12.8. The van der Waals surface area contributed by atoms with Gasteiger partial charge in [-0.25, -0.2) is 4.39 Å². The van der Waals surface area contributed by atoms with E-state index in [1.807, 2.05) is 6.07 Å². The minimum absolute atomic E-state index is 0.309. The predicted molar refractivity (Wildman–Crippen MR) is 75.2 cm³/mol. The molecule has 1 aliphatic carbocycles. The molecule has 1 saturated carbocycles. The summed E-state index contributed by atoms with van der Waals surface area (Å²) in [6.07, 6.45) is 3.93. The number of carbonyl (C=O) groups excluding carboxylic acids is 1. The summed E-state index contributed by atoms with van der Waals surface area (Å²) in [5.41, 5.74) is 1.77. The Kier molecular flexibility index (Phi) is 3.33. The molecule has 0 unspecified atom stereocenters. The summed E-state index contributed by atoms with van der Waals surface area (Å²) in [6.45, 7) is 0. The van der Waals surface area contributed by atoms with E-state index < -0.39 is 0 Å². The molecule has 20 heavy (non-hydrogen) atoms. The highest BCUT2D eigenvalue weighted by atomic mass is 19.1. The molecule has 1 heterocycles. The van der Waals surface area contributed by atoms with Crippen molar-refractivity contribution >= 4 is 17.3 Å². The zero-order valence-electron chi connectivity index (χ0n) is 10.8. The average molecular weight is 271 g/mol. The summed E-state index contributed by atoms with van der Waals surface area (Å²) in [4.78, 5) is 16.1. The first kappa shape index (κ1) is 12.6. The molecule has 3 rings (SSSR count). The number of rotatable bonds is 4. The Balaban J connectivity index is 1.71. The first-order valence-corrected chi connectivity index (χ1v) is 6.50. The second kappa shape index (κ2) is 5.28. The van der Waals surface area contributed by atoms with Crippen LogP contribution in [0.3, 0.4) is 0 Å². The zero-order chi connectivity index (χ0) is 13.9. The van der Waals surface area contributed by atoms with Gasteiger partial charge in [0.1, 0.15) is 11.5 Å². The van der Waals surface area contributed by atoms with Crippen LogP contribution in [-0.4, -0.2) is 16.9 Å². The van der Waals surface area contributed by atoms with Gasteiger partial charge in [-0.15, -0.1) is 0 Å². The summed E-state index contributed by atoms with van der Waals surface area (Å²) >= 11 is 0. The number of benzene rings is 1. The van der Waals surface area contributed by atoms with Crippen molar-refractivity contribution in [2.24, 2.45) is 0 Å². The third-order valence-electron chi connectivity index (χ3n) is 3.04. The van der Waals surface area contributed by atoms with E-state index in [2.05, 4.69) is 15.6 Å². The predicted octanol–water partition coefficient (Wildman–Crippen LogP) is 3.05. The number of nitrogens with one attached hydrogen (secondary N) is 2. The quantitative estimate of drug-likeness (QED) is 0.898. The van der Waals surface area contributed by atoms with Gasteiger partial charge in [0.25, 0.3) is 5.91 Å². The van der Waals surface area contributed by atoms with Gasteiger partial charge in [0.15, 0.2) is 0 Å². The normalized spacial score (nSPS) is 13.8. The number of anilines is 2. The molecule has 0 atom stereocenters. The Morgan fingerprint density at radius 3 is 2.60 bits per heavy atom. The second-order valence-electron chi connectivity index (χ2n) is 4.81. The molecule has 1 amide bonds. The van der Waals surface area contributed by atoms with Crippen LogP contribution in [0, 0.1) is 5.82 Å². The molecule has 0 saturated heterocycles. The lowest BCUT2D eigenvalue weighted by Crippen LogP contribution is -2.14. The Labute approximate surface area is 116 Å². The minimum Gasteiger partial charge on any atom is -0.382 e. The summed E-state index contributed by atoms with van der Waals surface area (Å²) < 4.78 is 12.8. The summed E-state index contributed by atoms with van der Waals surface area (Å²) in [6, 6.07) is 9.70. The van der Waals surface area contributed by atoms with Gasteiger partial charge >= 0.3 is 0 Å². The van der Waals surface area contributed by atoms with E-state index in [1.54, 1.807) is 12.3 Å². The van der Waals surface area contributed by atoms with Gasteiger partial charge in [0.05, 0.1) is 0 Å². The maximum Gasteiger partial charge on any atom is 0.274 e. The highest BCUT2D eigenvalue weighted by Gasteiger charge is 2.21. The van der Waals surface area contributed by atoms with E-state index in [9.17, 15) is 9.18 Å². The van der Waals surface area contributed by atoms with E-state index in [0.717, 1.165) is 5.69 Å². The maximum atomic E-state index is 12.8. The van der Waals surface area contributed by atoms with Crippen molar-refractivity contribution in [2.75, 3.05) is 10.6 Å². The van der Waals surface area contributed by atoms with Crippen molar-refractivity contribution in [1.82, 2.24) is 4.98 Å². The standard InChI is InChI=1S/C15H14FN3O/c16-10-1-3-12(4-2-10)19-15(20)14-9-13(7-8-17-14)18-11-5-6-11/h1-4,7-9,11H,5-6H2,(H,17,18)(H,19,20). The van der Waals surface area contributed by atoms with Crippen molar-refractivity contribution in [3.05, 3.63) is 54.1 Å². The van der Waals surface area contributed by atoms with E-state index in [-0.39, 0.29) is 11.7 Å². The Hall–Kier alpha value is -2.43. The molecule has 1 fully saturated rings. The van der Waals surface area contributed by atoms with Crippen LogP contribution in [0.15, 0.2) is 42.6 Å². The van der Waals surface area contributed by atoms with E-state index in [1.165, 1.54) is 37.1 Å². The molecule has 102 valence electrons. The Morgan fingerprint density at radius 2 is 1.90 bits per heavy atom. The summed E-state index contributed by atoms with van der Waals surface area (Å²) in [5, 5.41) is 6.00. The van der Waals surface area contributed by atoms with Crippen LogP contribution in [0.1, 0.15) is 23.3 Å². The molecule has 0 spiro atoms. The van der Waals surface area contributed by atoms with Crippen molar-refractivity contribution in [1.29, 1.82) is 0 Å². The molecule has 1 aliphatic rings. The van der Waals surface area contributed by atoms with Gasteiger partial charge in [-0.1, -0.05) is 0 Å². The minimum atomic E-state index is -0.336. The van der Waals surface area contributed by atoms with Crippen molar-refractivity contribution in [2.45, 2.75) is 18.9 Å². The smallest absolute Gasteiger partial charge is 0.274 e. The lowest BCUT2D eigenvalue weighted by molar-refractivity contribution is 0.102. The second-order valence-corrected chi connectivity index (χ2v) is 4.81. The molecule has 0 radical (unpaired) electrons. The third-order valence-corrected chi connectivity index (χ3v) is 3.04. The van der Waals surface area contributed by atoms with Gasteiger partial charge in [-0.3, -0.25) is 9.78 Å². The number of nitrogens with zero attached hydrogens (tertiary/aromatic N) is 1. The van der Waals surface area contributed by atoms with Gasteiger partial charge in [0, 0.05) is 23.6 Å². The highest BCUT2D eigenvalue weighted by Crippen LogP contribution is 2.24. The summed E-state index contributed by atoms with van der Waals surface area (Å²) in [7, 11) is 0. The SMILES string of the molecule is O=C(Nc1ccc(F)cc1)c1cc(NC2CC2)ccn1. The van der Waals surface area contributed by atoms with Crippen LogP contribution < -0.4 is 10.6 Å². The van der Waals surface area contributed by atoms with Crippen LogP contribution in [0.5, 0.6) is 0 Å². The molecule has 2 N–H and O–H groups in total. The van der Waals surface area contributed by atoms with Gasteiger partial charge in [-0.2, -0.15) is 0 Å². The van der Waals surface area contributed by atoms with Crippen LogP contribution in [-0.2, 0) is 0 Å². The van der Waals surface area contributed by atoms with Crippen molar-refractivity contribution in [3.63, 3.8) is 0 Å². The molecule has 2 aromatic rings. The fourth-order valence-electron chi connectivity index (χ4n) is 1.84. The van der Waals surface area contributed by atoms with Crippen LogP contribution in [0.25, 0.3) is 0 Å². The highest BCUT2D eigenvalue weighted by molar-refractivity contribution is 6.03. The number of hydrogen-bond acceptors (Lipinski definition) is 3. The monoisotopic (exact) mass is 271 g/mol. The topological polar surface area (TPSA) is 54.0 Å². The molecule has 0 aliphatic heterocycles. The number of pyridine rings is 1. The molecule has 5 heteroatoms.